The quantitative estimate of drug-likeness (QED) is 0.729. The van der Waals surface area contributed by atoms with Crippen LogP contribution in [0.1, 0.15) is 5.69 Å². The summed E-state index contributed by atoms with van der Waals surface area (Å²) < 4.78 is 25.5. The average molecular weight is 175 g/mol. The molecule has 1 heterocycles. The second kappa shape index (κ2) is 3.62. The van der Waals surface area contributed by atoms with Crippen LogP contribution in [0.5, 0.6) is 0 Å². The Labute approximate surface area is 69.2 Å². The summed E-state index contributed by atoms with van der Waals surface area (Å²) in [4.78, 5) is 0. The SMILES string of the molecule is Cn1nccc1CC(N)C(F)F. The number of alkyl halides is 2. The van der Waals surface area contributed by atoms with Gasteiger partial charge in [-0.05, 0) is 6.07 Å². The van der Waals surface area contributed by atoms with Gasteiger partial charge in [0.2, 0.25) is 0 Å². The summed E-state index contributed by atoms with van der Waals surface area (Å²) in [7, 11) is 1.70. The Kier molecular flexibility index (Phi) is 2.75. The zero-order valence-corrected chi connectivity index (χ0v) is 6.74. The number of aryl methyl sites for hydroxylation is 1. The van der Waals surface area contributed by atoms with Crippen molar-refractivity contribution in [3.63, 3.8) is 0 Å². The van der Waals surface area contributed by atoms with Crippen LogP contribution in [0.4, 0.5) is 8.78 Å². The van der Waals surface area contributed by atoms with E-state index in [1.807, 2.05) is 0 Å². The Morgan fingerprint density at radius 2 is 2.33 bits per heavy atom. The molecule has 68 valence electrons. The molecule has 0 spiro atoms. The highest BCUT2D eigenvalue weighted by atomic mass is 19.3. The lowest BCUT2D eigenvalue weighted by atomic mass is 10.2. The van der Waals surface area contributed by atoms with Gasteiger partial charge in [0, 0.05) is 25.4 Å². The molecule has 0 saturated carbocycles. The molecule has 0 aliphatic rings. The molecule has 1 unspecified atom stereocenters. The van der Waals surface area contributed by atoms with Gasteiger partial charge in [-0.3, -0.25) is 4.68 Å². The van der Waals surface area contributed by atoms with E-state index in [0.717, 1.165) is 5.69 Å². The van der Waals surface area contributed by atoms with Gasteiger partial charge in [0.1, 0.15) is 0 Å². The molecule has 5 heteroatoms. The maximum atomic E-state index is 12.0. The Hall–Kier alpha value is -0.970. The van der Waals surface area contributed by atoms with E-state index >= 15 is 0 Å². The standard InChI is InChI=1S/C7H11F2N3/c1-12-5(2-3-11-12)4-6(10)7(8)9/h2-3,6-7H,4,10H2,1H3. The molecule has 3 nitrogen and oxygen atoms in total. The summed E-state index contributed by atoms with van der Waals surface area (Å²) >= 11 is 0. The summed E-state index contributed by atoms with van der Waals surface area (Å²) in [6.07, 6.45) is -0.748. The maximum absolute atomic E-state index is 12.0. The number of aromatic nitrogens is 2. The predicted octanol–water partition coefficient (Wildman–Crippen LogP) is 0.555. The minimum absolute atomic E-state index is 0.161. The van der Waals surface area contributed by atoms with Crippen molar-refractivity contribution in [2.24, 2.45) is 12.8 Å². The first-order valence-corrected chi connectivity index (χ1v) is 3.62. The number of hydrogen-bond acceptors (Lipinski definition) is 2. The normalized spacial score (nSPS) is 13.8. The lowest BCUT2D eigenvalue weighted by Crippen LogP contribution is -2.31. The molecular formula is C7H11F2N3. The fourth-order valence-corrected chi connectivity index (χ4v) is 0.932. The third kappa shape index (κ3) is 2.01. The molecule has 0 amide bonds. The van der Waals surface area contributed by atoms with Crippen molar-refractivity contribution < 1.29 is 8.78 Å². The van der Waals surface area contributed by atoms with Crippen LogP contribution in [-0.2, 0) is 13.5 Å². The molecule has 0 saturated heterocycles. The molecule has 0 radical (unpaired) electrons. The van der Waals surface area contributed by atoms with Crippen LogP contribution < -0.4 is 5.73 Å². The first-order valence-electron chi connectivity index (χ1n) is 3.62. The molecule has 1 rings (SSSR count). The van der Waals surface area contributed by atoms with Gasteiger partial charge in [0.05, 0.1) is 6.04 Å². The second-order valence-electron chi connectivity index (χ2n) is 2.65. The van der Waals surface area contributed by atoms with Crippen molar-refractivity contribution in [3.05, 3.63) is 18.0 Å². The van der Waals surface area contributed by atoms with Crippen LogP contribution in [0.2, 0.25) is 0 Å². The van der Waals surface area contributed by atoms with Crippen LogP contribution in [0, 0.1) is 0 Å². The Morgan fingerprint density at radius 1 is 1.67 bits per heavy atom. The molecule has 2 N–H and O–H groups in total. The number of nitrogens with two attached hydrogens (primary N) is 1. The molecule has 12 heavy (non-hydrogen) atoms. The number of hydrogen-bond donors (Lipinski definition) is 1. The second-order valence-corrected chi connectivity index (χ2v) is 2.65. The molecule has 1 aromatic rings. The minimum atomic E-state index is -2.47. The third-order valence-corrected chi connectivity index (χ3v) is 1.69. The van der Waals surface area contributed by atoms with Gasteiger partial charge in [-0.25, -0.2) is 8.78 Å². The summed E-state index contributed by atoms with van der Waals surface area (Å²) in [5, 5.41) is 3.85. The van der Waals surface area contributed by atoms with E-state index in [1.165, 1.54) is 0 Å². The van der Waals surface area contributed by atoms with Gasteiger partial charge in [0.25, 0.3) is 6.43 Å². The Bertz CT molecular complexity index is 247. The number of rotatable bonds is 3. The molecule has 0 bridgehead atoms. The van der Waals surface area contributed by atoms with E-state index in [1.54, 1.807) is 24.0 Å². The zero-order valence-electron chi connectivity index (χ0n) is 6.74. The van der Waals surface area contributed by atoms with E-state index in [4.69, 9.17) is 5.73 Å². The first kappa shape index (κ1) is 9.12. The summed E-state index contributed by atoms with van der Waals surface area (Å²) in [6, 6.07) is 0.586. The van der Waals surface area contributed by atoms with Crippen LogP contribution in [-0.4, -0.2) is 22.2 Å². The maximum Gasteiger partial charge on any atom is 0.253 e. The number of nitrogens with zero attached hydrogens (tertiary/aromatic N) is 2. The van der Waals surface area contributed by atoms with Gasteiger partial charge in [0.15, 0.2) is 0 Å². The predicted molar refractivity (Wildman–Crippen MR) is 40.9 cm³/mol. The molecule has 0 fully saturated rings. The van der Waals surface area contributed by atoms with Crippen molar-refractivity contribution in [2.75, 3.05) is 0 Å². The van der Waals surface area contributed by atoms with Crippen LogP contribution in [0.25, 0.3) is 0 Å². The van der Waals surface area contributed by atoms with Crippen molar-refractivity contribution in [2.45, 2.75) is 18.9 Å². The molecular weight excluding hydrogens is 164 g/mol. The molecule has 0 aliphatic carbocycles. The number of halogens is 2. The largest absolute Gasteiger partial charge is 0.323 e. The zero-order chi connectivity index (χ0) is 9.14. The van der Waals surface area contributed by atoms with Gasteiger partial charge in [-0.1, -0.05) is 0 Å². The van der Waals surface area contributed by atoms with Crippen LogP contribution in [0.3, 0.4) is 0 Å². The summed E-state index contributed by atoms with van der Waals surface area (Å²) in [5.41, 5.74) is 5.91. The summed E-state index contributed by atoms with van der Waals surface area (Å²) in [5.74, 6) is 0. The smallest absolute Gasteiger partial charge is 0.253 e. The van der Waals surface area contributed by atoms with E-state index in [9.17, 15) is 8.78 Å². The fourth-order valence-electron chi connectivity index (χ4n) is 0.932. The van der Waals surface area contributed by atoms with Gasteiger partial charge >= 0.3 is 0 Å². The molecule has 0 aromatic carbocycles. The highest BCUT2D eigenvalue weighted by Gasteiger charge is 2.16. The van der Waals surface area contributed by atoms with Crippen molar-refractivity contribution in [3.8, 4) is 0 Å². The Morgan fingerprint density at radius 3 is 2.75 bits per heavy atom. The van der Waals surface area contributed by atoms with E-state index in [2.05, 4.69) is 5.10 Å². The Balaban J connectivity index is 2.58. The van der Waals surface area contributed by atoms with Gasteiger partial charge in [-0.2, -0.15) is 5.10 Å². The highest BCUT2D eigenvalue weighted by molar-refractivity contribution is 5.02. The van der Waals surface area contributed by atoms with Crippen molar-refractivity contribution in [1.29, 1.82) is 0 Å². The summed E-state index contributed by atoms with van der Waals surface area (Å²) in [6.45, 7) is 0. The molecule has 1 atom stereocenters. The van der Waals surface area contributed by atoms with E-state index < -0.39 is 12.5 Å². The fraction of sp³-hybridized carbons (Fsp3) is 0.571. The molecule has 0 aliphatic heterocycles. The van der Waals surface area contributed by atoms with Gasteiger partial charge in [-0.15, -0.1) is 0 Å². The lowest BCUT2D eigenvalue weighted by molar-refractivity contribution is 0.115. The van der Waals surface area contributed by atoms with Crippen molar-refractivity contribution in [1.82, 2.24) is 9.78 Å². The topological polar surface area (TPSA) is 43.8 Å². The molecule has 1 aromatic heterocycles. The lowest BCUT2D eigenvalue weighted by Gasteiger charge is -2.09. The van der Waals surface area contributed by atoms with E-state index in [-0.39, 0.29) is 6.42 Å². The highest BCUT2D eigenvalue weighted by Crippen LogP contribution is 2.06. The average Bonchev–Trinajstić information content (AvgIpc) is 2.36. The van der Waals surface area contributed by atoms with Crippen LogP contribution in [0.15, 0.2) is 12.3 Å². The third-order valence-electron chi connectivity index (χ3n) is 1.69. The van der Waals surface area contributed by atoms with E-state index in [0.29, 0.717) is 0 Å². The first-order chi connectivity index (χ1) is 5.61. The van der Waals surface area contributed by atoms with Crippen molar-refractivity contribution >= 4 is 0 Å². The van der Waals surface area contributed by atoms with Gasteiger partial charge < -0.3 is 5.73 Å². The monoisotopic (exact) mass is 175 g/mol. The van der Waals surface area contributed by atoms with Crippen LogP contribution >= 0.6 is 0 Å². The minimum Gasteiger partial charge on any atom is -0.323 e.